The molecular weight excluding hydrogens is 536 g/mol. The van der Waals surface area contributed by atoms with Crippen LogP contribution in [-0.4, -0.2) is 10.9 Å². The number of hydrogen-bond donors (Lipinski definition) is 1. The van der Waals surface area contributed by atoms with E-state index in [0.717, 1.165) is 10.4 Å². The summed E-state index contributed by atoms with van der Waals surface area (Å²) >= 11 is 25.6. The zero-order valence-corrected chi connectivity index (χ0v) is 21.0. The number of hydrogen-bond acceptors (Lipinski definition) is 5. The predicted molar refractivity (Wildman–Crippen MR) is 138 cm³/mol. The summed E-state index contributed by atoms with van der Waals surface area (Å²) in [6, 6.07) is 15.6. The molecule has 1 N–H and O–H groups in total. The number of carbonyl (C=O) groups excluding carboxylic acids is 1. The van der Waals surface area contributed by atoms with Crippen LogP contribution in [-0.2, 0) is 11.2 Å². The number of amides is 1. The van der Waals surface area contributed by atoms with E-state index in [9.17, 15) is 10.1 Å². The van der Waals surface area contributed by atoms with E-state index in [0.29, 0.717) is 48.7 Å². The van der Waals surface area contributed by atoms with E-state index < -0.39 is 5.91 Å². The van der Waals surface area contributed by atoms with Crippen LogP contribution >= 0.6 is 57.7 Å². The van der Waals surface area contributed by atoms with Gasteiger partial charge < -0.3 is 4.42 Å². The zero-order chi connectivity index (χ0) is 24.2. The molecule has 170 valence electrons. The minimum atomic E-state index is -0.600. The van der Waals surface area contributed by atoms with Crippen molar-refractivity contribution in [2.24, 2.45) is 0 Å². The maximum Gasteiger partial charge on any atom is 0.268 e. The highest BCUT2D eigenvalue weighted by Crippen LogP contribution is 2.32. The van der Waals surface area contributed by atoms with Crippen molar-refractivity contribution in [3.8, 4) is 17.4 Å². The molecule has 0 aliphatic heterocycles. The smallest absolute Gasteiger partial charge is 0.268 e. The topological polar surface area (TPSA) is 78.9 Å². The molecule has 2 aromatic carbocycles. The van der Waals surface area contributed by atoms with Gasteiger partial charge in [0.05, 0.1) is 15.1 Å². The summed E-state index contributed by atoms with van der Waals surface area (Å²) in [4.78, 5) is 17.8. The van der Waals surface area contributed by atoms with Crippen LogP contribution in [0.15, 0.2) is 64.7 Å². The van der Waals surface area contributed by atoms with E-state index >= 15 is 0 Å². The molecular formula is C24H13Cl4N3O2S. The summed E-state index contributed by atoms with van der Waals surface area (Å²) in [5.41, 5.74) is 1.43. The molecule has 0 unspecified atom stereocenters. The number of aromatic nitrogens is 1. The van der Waals surface area contributed by atoms with Gasteiger partial charge in [0.25, 0.3) is 5.91 Å². The van der Waals surface area contributed by atoms with Crippen molar-refractivity contribution in [3.63, 3.8) is 0 Å². The van der Waals surface area contributed by atoms with E-state index in [-0.39, 0.29) is 5.57 Å². The second-order valence-electron chi connectivity index (χ2n) is 7.01. The first-order valence-corrected chi connectivity index (χ1v) is 12.0. The van der Waals surface area contributed by atoms with Gasteiger partial charge in [-0.2, -0.15) is 5.26 Å². The van der Waals surface area contributed by atoms with Crippen molar-refractivity contribution in [3.05, 3.63) is 96.6 Å². The lowest BCUT2D eigenvalue weighted by Gasteiger charge is -2.02. The predicted octanol–water partition coefficient (Wildman–Crippen LogP) is 8.15. The molecule has 0 aliphatic rings. The highest BCUT2D eigenvalue weighted by molar-refractivity contribution is 7.15. The van der Waals surface area contributed by atoms with Gasteiger partial charge in [-0.15, -0.1) is 11.3 Å². The highest BCUT2D eigenvalue weighted by Gasteiger charge is 2.15. The first kappa shape index (κ1) is 24.3. The molecule has 10 heteroatoms. The van der Waals surface area contributed by atoms with E-state index in [1.54, 1.807) is 48.7 Å². The van der Waals surface area contributed by atoms with Crippen molar-refractivity contribution in [1.82, 2.24) is 4.98 Å². The molecule has 34 heavy (non-hydrogen) atoms. The van der Waals surface area contributed by atoms with Crippen molar-refractivity contribution in [1.29, 1.82) is 5.26 Å². The largest absolute Gasteiger partial charge is 0.457 e. The first-order chi connectivity index (χ1) is 16.3. The SMILES string of the molecule is N#CC(=Cc1ccc(-c2cc(Cl)ccc2Cl)o1)C(=O)Nc1ncc(Cc2ccc(Cl)c(Cl)c2)s1. The lowest BCUT2D eigenvalue weighted by atomic mass is 10.1. The standard InChI is InChI=1S/C24H13Cl4N3O2S/c25-15-2-5-19(26)18(10-15)22-6-3-16(33-22)9-14(11-29)23(32)31-24-30-12-17(34-24)7-13-1-4-20(27)21(28)8-13/h1-6,8-10,12H,7H2,(H,30,31,32). The molecule has 2 heterocycles. The molecule has 1 amide bonds. The summed E-state index contributed by atoms with van der Waals surface area (Å²) in [7, 11) is 0. The Hall–Kier alpha value is -2.79. The molecule has 0 saturated carbocycles. The number of furan rings is 1. The van der Waals surface area contributed by atoms with Crippen molar-refractivity contribution in [2.45, 2.75) is 6.42 Å². The number of thiazole rings is 1. The van der Waals surface area contributed by atoms with Crippen LogP contribution in [0.2, 0.25) is 20.1 Å². The number of carbonyl (C=O) groups is 1. The summed E-state index contributed by atoms with van der Waals surface area (Å²) in [5, 5.41) is 14.4. The Kier molecular flexibility index (Phi) is 7.62. The molecule has 4 aromatic rings. The monoisotopic (exact) mass is 547 g/mol. The Labute approximate surface area is 219 Å². The van der Waals surface area contributed by atoms with Gasteiger partial charge in [0.1, 0.15) is 23.2 Å². The molecule has 0 spiro atoms. The molecule has 4 rings (SSSR count). The van der Waals surface area contributed by atoms with Gasteiger partial charge in [-0.3, -0.25) is 10.1 Å². The zero-order valence-electron chi connectivity index (χ0n) is 17.1. The molecule has 0 atom stereocenters. The summed E-state index contributed by atoms with van der Waals surface area (Å²) in [6.45, 7) is 0. The molecule has 5 nitrogen and oxygen atoms in total. The van der Waals surface area contributed by atoms with Crippen molar-refractivity contribution in [2.75, 3.05) is 5.32 Å². The Bertz CT molecular complexity index is 1450. The van der Waals surface area contributed by atoms with Crippen LogP contribution in [0.3, 0.4) is 0 Å². The number of nitrogens with one attached hydrogen (secondary N) is 1. The van der Waals surface area contributed by atoms with Gasteiger partial charge in [-0.25, -0.2) is 4.98 Å². The average molecular weight is 549 g/mol. The number of anilines is 1. The van der Waals surface area contributed by atoms with Gasteiger partial charge >= 0.3 is 0 Å². The number of halogens is 4. The minimum Gasteiger partial charge on any atom is -0.457 e. The molecule has 0 bridgehead atoms. The molecule has 0 fully saturated rings. The van der Waals surface area contributed by atoms with Gasteiger partial charge in [-0.05, 0) is 48.0 Å². The highest BCUT2D eigenvalue weighted by atomic mass is 35.5. The third kappa shape index (κ3) is 5.82. The van der Waals surface area contributed by atoms with Gasteiger partial charge in [-0.1, -0.05) is 52.5 Å². The fourth-order valence-corrected chi connectivity index (χ4v) is 4.56. The first-order valence-electron chi connectivity index (χ1n) is 9.69. The van der Waals surface area contributed by atoms with Crippen molar-refractivity contribution >= 4 is 74.9 Å². The second kappa shape index (κ2) is 10.6. The normalized spacial score (nSPS) is 11.3. The summed E-state index contributed by atoms with van der Waals surface area (Å²) < 4.78 is 5.74. The quantitative estimate of drug-likeness (QED) is 0.195. The summed E-state index contributed by atoms with van der Waals surface area (Å²) in [5.74, 6) is 0.178. The van der Waals surface area contributed by atoms with Crippen LogP contribution in [0.4, 0.5) is 5.13 Å². The van der Waals surface area contributed by atoms with E-state index in [2.05, 4.69) is 10.3 Å². The fourth-order valence-electron chi connectivity index (χ4n) is 3.01. The molecule has 0 radical (unpaired) electrons. The number of rotatable bonds is 6. The maximum atomic E-state index is 12.6. The lowest BCUT2D eigenvalue weighted by molar-refractivity contribution is -0.112. The maximum absolute atomic E-state index is 12.6. The Balaban J connectivity index is 1.46. The van der Waals surface area contributed by atoms with Crippen molar-refractivity contribution < 1.29 is 9.21 Å². The third-order valence-corrected chi connectivity index (χ3v) is 6.83. The Morgan fingerprint density at radius 1 is 1.06 bits per heavy atom. The Morgan fingerprint density at radius 3 is 2.62 bits per heavy atom. The van der Waals surface area contributed by atoms with Gasteiger partial charge in [0, 0.05) is 34.2 Å². The van der Waals surface area contributed by atoms with E-state index in [1.807, 2.05) is 12.1 Å². The van der Waals surface area contributed by atoms with E-state index in [4.69, 9.17) is 50.8 Å². The van der Waals surface area contributed by atoms with Crippen LogP contribution in [0.5, 0.6) is 0 Å². The van der Waals surface area contributed by atoms with Gasteiger partial charge in [0.2, 0.25) is 0 Å². The van der Waals surface area contributed by atoms with Crippen LogP contribution in [0.1, 0.15) is 16.2 Å². The van der Waals surface area contributed by atoms with Crippen LogP contribution < -0.4 is 5.32 Å². The molecule has 0 aliphatic carbocycles. The molecule has 0 saturated heterocycles. The second-order valence-corrected chi connectivity index (χ2v) is 9.78. The summed E-state index contributed by atoms with van der Waals surface area (Å²) in [6.07, 6.45) is 3.58. The fraction of sp³-hybridized carbons (Fsp3) is 0.0417. The Morgan fingerprint density at radius 2 is 1.85 bits per heavy atom. The van der Waals surface area contributed by atoms with Gasteiger partial charge in [0.15, 0.2) is 5.13 Å². The lowest BCUT2D eigenvalue weighted by Crippen LogP contribution is -2.13. The molecule has 2 aromatic heterocycles. The number of benzene rings is 2. The number of nitriles is 1. The van der Waals surface area contributed by atoms with Crippen LogP contribution in [0.25, 0.3) is 17.4 Å². The van der Waals surface area contributed by atoms with Crippen LogP contribution in [0, 0.1) is 11.3 Å². The average Bonchev–Trinajstić information content (AvgIpc) is 3.45. The number of nitrogens with zero attached hydrogens (tertiary/aromatic N) is 2. The third-order valence-electron chi connectivity index (χ3n) is 4.61. The van der Waals surface area contributed by atoms with E-state index in [1.165, 1.54) is 17.4 Å². The minimum absolute atomic E-state index is 0.140.